The van der Waals surface area contributed by atoms with Crippen LogP contribution in [0.2, 0.25) is 0 Å². The van der Waals surface area contributed by atoms with Crippen LogP contribution in [0, 0.1) is 6.92 Å². The lowest BCUT2D eigenvalue weighted by Gasteiger charge is -2.34. The number of anilines is 1. The number of pyridine rings is 1. The molecule has 3 heterocycles. The number of aromatic nitrogens is 1. The Labute approximate surface area is 160 Å². The van der Waals surface area contributed by atoms with Crippen LogP contribution in [0.5, 0.6) is 0 Å². The van der Waals surface area contributed by atoms with Crippen molar-refractivity contribution < 1.29 is 4.79 Å². The lowest BCUT2D eigenvalue weighted by atomic mass is 10.0. The van der Waals surface area contributed by atoms with Crippen LogP contribution in [0.25, 0.3) is 10.9 Å². The van der Waals surface area contributed by atoms with E-state index in [0.717, 1.165) is 56.5 Å². The summed E-state index contributed by atoms with van der Waals surface area (Å²) < 4.78 is 0. The van der Waals surface area contributed by atoms with Crippen molar-refractivity contribution in [1.82, 2.24) is 14.8 Å². The van der Waals surface area contributed by atoms with Crippen LogP contribution in [0.3, 0.4) is 0 Å². The number of hydrogen-bond acceptors (Lipinski definition) is 5. The molecule has 144 valence electrons. The van der Waals surface area contributed by atoms with E-state index in [1.54, 1.807) is 0 Å². The quantitative estimate of drug-likeness (QED) is 0.868. The lowest BCUT2D eigenvalue weighted by molar-refractivity contribution is -0.133. The summed E-state index contributed by atoms with van der Waals surface area (Å²) in [5.74, 6) is 0.182. The molecule has 4 rings (SSSR count). The van der Waals surface area contributed by atoms with E-state index in [1.165, 1.54) is 10.9 Å². The minimum absolute atomic E-state index is 0.0832. The van der Waals surface area contributed by atoms with E-state index in [0.29, 0.717) is 12.6 Å². The third-order valence-corrected chi connectivity index (χ3v) is 5.79. The van der Waals surface area contributed by atoms with Gasteiger partial charge in [-0.05, 0) is 56.4 Å². The van der Waals surface area contributed by atoms with Crippen LogP contribution < -0.4 is 11.1 Å². The molecule has 27 heavy (non-hydrogen) atoms. The van der Waals surface area contributed by atoms with Crippen LogP contribution in [0.4, 0.5) is 5.69 Å². The van der Waals surface area contributed by atoms with Gasteiger partial charge in [0.1, 0.15) is 0 Å². The number of nitrogens with two attached hydrogens (primary N) is 1. The highest BCUT2D eigenvalue weighted by atomic mass is 16.2. The summed E-state index contributed by atoms with van der Waals surface area (Å²) in [6.45, 7) is 5.26. The summed E-state index contributed by atoms with van der Waals surface area (Å²) in [6, 6.07) is 8.86. The number of nitrogens with one attached hydrogen (secondary N) is 1. The van der Waals surface area contributed by atoms with Gasteiger partial charge in [0.05, 0.1) is 18.2 Å². The number of likely N-dealkylation sites (tertiary alicyclic amines) is 2. The van der Waals surface area contributed by atoms with Gasteiger partial charge in [0.2, 0.25) is 5.91 Å². The Morgan fingerprint density at radius 2 is 2.07 bits per heavy atom. The Hall–Kier alpha value is -2.18. The summed E-state index contributed by atoms with van der Waals surface area (Å²) in [5.41, 5.74) is 9.37. The van der Waals surface area contributed by atoms with Gasteiger partial charge in [-0.15, -0.1) is 0 Å². The number of fused-ring (bicyclic) bond motifs is 1. The highest BCUT2D eigenvalue weighted by Gasteiger charge is 2.28. The molecule has 0 saturated carbocycles. The van der Waals surface area contributed by atoms with Gasteiger partial charge in [-0.2, -0.15) is 0 Å². The van der Waals surface area contributed by atoms with Gasteiger partial charge in [0.15, 0.2) is 0 Å². The van der Waals surface area contributed by atoms with E-state index in [4.69, 9.17) is 5.73 Å². The Morgan fingerprint density at radius 1 is 1.26 bits per heavy atom. The lowest BCUT2D eigenvalue weighted by Crippen LogP contribution is -2.48. The van der Waals surface area contributed by atoms with Gasteiger partial charge in [-0.25, -0.2) is 0 Å². The van der Waals surface area contributed by atoms with Crippen molar-refractivity contribution in [3.63, 3.8) is 0 Å². The number of piperidine rings is 1. The first-order chi connectivity index (χ1) is 13.1. The number of rotatable bonds is 4. The molecule has 2 aliphatic heterocycles. The van der Waals surface area contributed by atoms with Gasteiger partial charge in [-0.3, -0.25) is 14.7 Å². The molecule has 1 amide bonds. The predicted octanol–water partition coefficient (Wildman–Crippen LogP) is 2.33. The van der Waals surface area contributed by atoms with Crippen molar-refractivity contribution in [2.75, 3.05) is 31.5 Å². The molecule has 6 heteroatoms. The molecule has 0 spiro atoms. The van der Waals surface area contributed by atoms with Crippen LogP contribution >= 0.6 is 0 Å². The Kier molecular flexibility index (Phi) is 5.27. The van der Waals surface area contributed by atoms with Crippen molar-refractivity contribution in [3.05, 3.63) is 36.0 Å². The van der Waals surface area contributed by atoms with Crippen LogP contribution in [-0.4, -0.2) is 59.1 Å². The zero-order valence-electron chi connectivity index (χ0n) is 16.0. The molecule has 0 radical (unpaired) electrons. The molecule has 1 aromatic carbocycles. The van der Waals surface area contributed by atoms with Gasteiger partial charge >= 0.3 is 0 Å². The molecule has 0 aliphatic carbocycles. The first-order valence-electron chi connectivity index (χ1n) is 9.99. The Morgan fingerprint density at radius 3 is 2.81 bits per heavy atom. The van der Waals surface area contributed by atoms with Crippen molar-refractivity contribution in [2.24, 2.45) is 5.73 Å². The highest BCUT2D eigenvalue weighted by Crippen LogP contribution is 2.25. The second-order valence-electron chi connectivity index (χ2n) is 7.88. The maximum atomic E-state index is 12.5. The van der Waals surface area contributed by atoms with E-state index in [2.05, 4.69) is 46.4 Å². The van der Waals surface area contributed by atoms with E-state index >= 15 is 0 Å². The minimum atomic E-state index is -0.0832. The average molecular weight is 367 g/mol. The monoisotopic (exact) mass is 367 g/mol. The second-order valence-corrected chi connectivity index (χ2v) is 7.88. The molecule has 0 bridgehead atoms. The predicted molar refractivity (Wildman–Crippen MR) is 108 cm³/mol. The van der Waals surface area contributed by atoms with E-state index in [-0.39, 0.29) is 12.1 Å². The van der Waals surface area contributed by atoms with Gasteiger partial charge < -0.3 is 16.0 Å². The first kappa shape index (κ1) is 18.2. The molecule has 1 atom stereocenters. The molecule has 1 aromatic heterocycles. The first-order valence-corrected chi connectivity index (χ1v) is 9.99. The van der Waals surface area contributed by atoms with Crippen LogP contribution in [0.1, 0.15) is 31.2 Å². The minimum Gasteiger partial charge on any atom is -0.382 e. The molecule has 2 aromatic rings. The van der Waals surface area contributed by atoms with E-state index in [9.17, 15) is 4.79 Å². The molecule has 2 aliphatic rings. The molecular weight excluding hydrogens is 338 g/mol. The third kappa shape index (κ3) is 4.06. The maximum Gasteiger partial charge on any atom is 0.237 e. The highest BCUT2D eigenvalue weighted by molar-refractivity contribution is 5.91. The SMILES string of the molecule is Cc1cnc2cccc(NC3CCN(CC(=O)N4CCC[C@H]4N)CC3)c2c1. The van der Waals surface area contributed by atoms with Gasteiger partial charge in [-0.1, -0.05) is 6.07 Å². The maximum absolute atomic E-state index is 12.5. The summed E-state index contributed by atoms with van der Waals surface area (Å²) >= 11 is 0. The number of hydrogen-bond donors (Lipinski definition) is 2. The van der Waals surface area contributed by atoms with Crippen molar-refractivity contribution >= 4 is 22.5 Å². The molecule has 2 saturated heterocycles. The summed E-state index contributed by atoms with van der Waals surface area (Å²) in [6.07, 6.45) is 5.85. The Bertz CT molecular complexity index is 815. The molecule has 3 N–H and O–H groups in total. The van der Waals surface area contributed by atoms with Crippen LogP contribution in [0.15, 0.2) is 30.5 Å². The van der Waals surface area contributed by atoms with Crippen molar-refractivity contribution in [1.29, 1.82) is 0 Å². The Balaban J connectivity index is 1.33. The van der Waals surface area contributed by atoms with Crippen molar-refractivity contribution in [2.45, 2.75) is 44.8 Å². The smallest absolute Gasteiger partial charge is 0.237 e. The summed E-state index contributed by atoms with van der Waals surface area (Å²) in [7, 11) is 0. The zero-order valence-corrected chi connectivity index (χ0v) is 16.0. The number of amides is 1. The topological polar surface area (TPSA) is 74.5 Å². The van der Waals surface area contributed by atoms with Crippen molar-refractivity contribution in [3.8, 4) is 0 Å². The largest absolute Gasteiger partial charge is 0.382 e. The summed E-state index contributed by atoms with van der Waals surface area (Å²) in [4.78, 5) is 21.1. The molecule has 6 nitrogen and oxygen atoms in total. The number of carbonyl (C=O) groups is 1. The zero-order chi connectivity index (χ0) is 18.8. The normalized spacial score (nSPS) is 21.7. The average Bonchev–Trinajstić information content (AvgIpc) is 3.10. The summed E-state index contributed by atoms with van der Waals surface area (Å²) in [5, 5.41) is 4.88. The third-order valence-electron chi connectivity index (χ3n) is 5.79. The number of benzene rings is 1. The van der Waals surface area contributed by atoms with E-state index < -0.39 is 0 Å². The molecule has 0 unspecified atom stereocenters. The standard InChI is InChI=1S/C21H29N5O/c1-15-12-17-18(23-13-15)4-2-5-19(17)24-16-7-10-25(11-8-16)14-21(27)26-9-3-6-20(26)22/h2,4-5,12-13,16,20,24H,3,6-11,14,22H2,1H3/t20-/m0/s1. The van der Waals surface area contributed by atoms with Gasteiger partial charge in [0.25, 0.3) is 0 Å². The van der Waals surface area contributed by atoms with Crippen LogP contribution in [-0.2, 0) is 4.79 Å². The molecular formula is C21H29N5O. The number of carbonyl (C=O) groups excluding carboxylic acids is 1. The fourth-order valence-electron chi connectivity index (χ4n) is 4.22. The fraction of sp³-hybridized carbons (Fsp3) is 0.524. The molecule has 2 fully saturated rings. The fourth-order valence-corrected chi connectivity index (χ4v) is 4.22. The van der Waals surface area contributed by atoms with Gasteiger partial charge in [0, 0.05) is 42.9 Å². The second kappa shape index (κ2) is 7.82. The van der Waals surface area contributed by atoms with E-state index in [1.807, 2.05) is 11.1 Å². The number of nitrogens with zero attached hydrogens (tertiary/aromatic N) is 3. The number of aryl methyl sites for hydroxylation is 1.